The number of halogens is 1. The molecule has 0 amide bonds. The van der Waals surface area contributed by atoms with Crippen molar-refractivity contribution in [2.45, 2.75) is 26.7 Å². The Morgan fingerprint density at radius 3 is 2.09 bits per heavy atom. The highest BCUT2D eigenvalue weighted by Crippen LogP contribution is 2.10. The predicted octanol–water partition coefficient (Wildman–Crippen LogP) is 2.32. The van der Waals surface area contributed by atoms with Crippen LogP contribution in [0, 0.1) is 5.92 Å². The number of esters is 1. The largest absolute Gasteiger partial charge is 0.411 e. The summed E-state index contributed by atoms with van der Waals surface area (Å²) in [5.74, 6) is -0.743. The van der Waals surface area contributed by atoms with E-state index in [-0.39, 0.29) is 5.92 Å². The first-order valence-electron chi connectivity index (χ1n) is 3.52. The predicted molar refractivity (Wildman–Crippen MR) is 41.4 cm³/mol. The first kappa shape index (κ1) is 10.4. The van der Waals surface area contributed by atoms with Crippen LogP contribution >= 0.6 is 11.6 Å². The number of rotatable bonds is 3. The van der Waals surface area contributed by atoms with E-state index in [1.54, 1.807) is 0 Å². The van der Waals surface area contributed by atoms with E-state index in [1.165, 1.54) is 0 Å². The van der Waals surface area contributed by atoms with Crippen molar-refractivity contribution in [3.8, 4) is 0 Å². The summed E-state index contributed by atoms with van der Waals surface area (Å²) in [5.41, 5.74) is -1.05. The van der Waals surface area contributed by atoms with Crippen LogP contribution in [-0.4, -0.2) is 11.4 Å². The van der Waals surface area contributed by atoms with Gasteiger partial charge in [0.25, 0.3) is 0 Å². The van der Waals surface area contributed by atoms with Crippen molar-refractivity contribution in [3.63, 3.8) is 0 Å². The molecule has 0 fully saturated rings. The molecule has 0 aliphatic rings. The van der Waals surface area contributed by atoms with Crippen LogP contribution in [0.1, 0.15) is 26.7 Å². The van der Waals surface area contributed by atoms with Crippen molar-refractivity contribution in [2.24, 2.45) is 5.92 Å². The van der Waals surface area contributed by atoms with E-state index in [9.17, 15) is 9.59 Å². The van der Waals surface area contributed by atoms with Gasteiger partial charge in [0, 0.05) is 11.6 Å². The zero-order chi connectivity index (χ0) is 8.85. The molecule has 0 atom stereocenters. The smallest absolute Gasteiger partial charge is 0.380 e. The molecule has 0 saturated carbocycles. The Kier molecular flexibility index (Phi) is 4.86. The first-order chi connectivity index (χ1) is 5.11. The highest BCUT2D eigenvalue weighted by molar-refractivity contribution is 6.61. The fourth-order valence-electron chi connectivity index (χ4n) is 0.784. The first-order valence-corrected chi connectivity index (χ1v) is 3.90. The minimum Gasteiger partial charge on any atom is -0.380 e. The highest BCUT2D eigenvalue weighted by atomic mass is 35.5. The Morgan fingerprint density at radius 1 is 1.36 bits per heavy atom. The molecule has 0 unspecified atom stereocenters. The maximum Gasteiger partial charge on any atom is 0.411 e. The Balaban J connectivity index is 3.89. The summed E-state index contributed by atoms with van der Waals surface area (Å²) in [6, 6.07) is 0. The van der Waals surface area contributed by atoms with Gasteiger partial charge in [-0.25, -0.2) is 4.79 Å². The monoisotopic (exact) mass is 178 g/mol. The van der Waals surface area contributed by atoms with E-state index in [4.69, 9.17) is 11.6 Å². The molecule has 0 aliphatic heterocycles. The molecular weight excluding hydrogens is 168 g/mol. The molecule has 64 valence electrons. The van der Waals surface area contributed by atoms with Crippen molar-refractivity contribution in [1.29, 1.82) is 0 Å². The third kappa shape index (κ3) is 3.98. The topological polar surface area (TPSA) is 43.4 Å². The number of hydrogen-bond acceptors (Lipinski definition) is 3. The molecule has 0 aromatic heterocycles. The van der Waals surface area contributed by atoms with Gasteiger partial charge < -0.3 is 4.74 Å². The normalized spacial score (nSPS) is 9.82. The van der Waals surface area contributed by atoms with Gasteiger partial charge in [0.05, 0.1) is 5.92 Å². The average molecular weight is 179 g/mol. The Bertz CT molecular complexity index is 152. The van der Waals surface area contributed by atoms with Gasteiger partial charge in [-0.05, 0) is 12.8 Å². The van der Waals surface area contributed by atoms with Gasteiger partial charge in [0.2, 0.25) is 0 Å². The lowest BCUT2D eigenvalue weighted by molar-refractivity contribution is -0.141. The molecule has 0 radical (unpaired) electrons. The summed E-state index contributed by atoms with van der Waals surface area (Å²) in [5, 5.41) is 0. The molecule has 0 aliphatic carbocycles. The fourth-order valence-corrected chi connectivity index (χ4v) is 0.860. The van der Waals surface area contributed by atoms with E-state index in [1.807, 2.05) is 13.8 Å². The van der Waals surface area contributed by atoms with E-state index >= 15 is 0 Å². The van der Waals surface area contributed by atoms with Gasteiger partial charge in [-0.15, -0.1) is 0 Å². The molecule has 3 nitrogen and oxygen atoms in total. The van der Waals surface area contributed by atoms with Crippen molar-refractivity contribution in [1.82, 2.24) is 0 Å². The fraction of sp³-hybridized carbons (Fsp3) is 0.714. The third-order valence-corrected chi connectivity index (χ3v) is 1.58. The van der Waals surface area contributed by atoms with Crippen LogP contribution in [0.3, 0.4) is 0 Å². The summed E-state index contributed by atoms with van der Waals surface area (Å²) < 4.78 is 4.18. The van der Waals surface area contributed by atoms with Gasteiger partial charge in [-0.3, -0.25) is 4.79 Å². The standard InChI is InChI=1S/C7H11ClO3/c1-3-5(4-2)6(9)11-7(8)10/h5H,3-4H2,1-2H3. The molecule has 0 bridgehead atoms. The van der Waals surface area contributed by atoms with Gasteiger partial charge in [-0.1, -0.05) is 13.8 Å². The molecule has 0 rings (SSSR count). The Morgan fingerprint density at radius 2 is 1.82 bits per heavy atom. The molecule has 0 N–H and O–H groups in total. The van der Waals surface area contributed by atoms with E-state index in [0.717, 1.165) is 0 Å². The Labute approximate surface area is 70.7 Å². The molecule has 0 saturated heterocycles. The van der Waals surface area contributed by atoms with E-state index < -0.39 is 11.4 Å². The van der Waals surface area contributed by atoms with Gasteiger partial charge in [-0.2, -0.15) is 0 Å². The second kappa shape index (κ2) is 5.13. The van der Waals surface area contributed by atoms with Crippen LogP contribution in [0.15, 0.2) is 0 Å². The number of ether oxygens (including phenoxy) is 1. The van der Waals surface area contributed by atoms with Gasteiger partial charge in [0.15, 0.2) is 0 Å². The summed E-state index contributed by atoms with van der Waals surface area (Å²) in [6.07, 6.45) is 1.33. The molecule has 0 aromatic rings. The summed E-state index contributed by atoms with van der Waals surface area (Å²) >= 11 is 4.85. The van der Waals surface area contributed by atoms with Crippen LogP contribution in [-0.2, 0) is 9.53 Å². The van der Waals surface area contributed by atoms with Crippen LogP contribution in [0.4, 0.5) is 4.79 Å². The lowest BCUT2D eigenvalue weighted by Crippen LogP contribution is -2.17. The van der Waals surface area contributed by atoms with E-state index in [0.29, 0.717) is 12.8 Å². The zero-order valence-electron chi connectivity index (χ0n) is 6.59. The average Bonchev–Trinajstić information content (AvgIpc) is 1.88. The van der Waals surface area contributed by atoms with Crippen molar-refractivity contribution in [2.75, 3.05) is 0 Å². The highest BCUT2D eigenvalue weighted by Gasteiger charge is 2.17. The van der Waals surface area contributed by atoms with Crippen LogP contribution in [0.25, 0.3) is 0 Å². The summed E-state index contributed by atoms with van der Waals surface area (Å²) in [4.78, 5) is 21.0. The molecule has 0 aromatic carbocycles. The maximum absolute atomic E-state index is 10.9. The second-order valence-electron chi connectivity index (χ2n) is 2.17. The quantitative estimate of drug-likeness (QED) is 0.379. The number of hydrogen-bond donors (Lipinski definition) is 0. The molecule has 11 heavy (non-hydrogen) atoms. The minimum absolute atomic E-state index is 0.210. The summed E-state index contributed by atoms with van der Waals surface area (Å²) in [7, 11) is 0. The minimum atomic E-state index is -1.05. The number of carbonyl (C=O) groups is 2. The van der Waals surface area contributed by atoms with Crippen molar-refractivity contribution in [3.05, 3.63) is 0 Å². The molecular formula is C7H11ClO3. The second-order valence-corrected chi connectivity index (χ2v) is 2.48. The summed E-state index contributed by atoms with van der Waals surface area (Å²) in [6.45, 7) is 3.71. The molecule has 0 spiro atoms. The number of carbonyl (C=O) groups excluding carboxylic acids is 2. The Hall–Kier alpha value is -0.570. The van der Waals surface area contributed by atoms with Crippen molar-refractivity contribution < 1.29 is 14.3 Å². The van der Waals surface area contributed by atoms with E-state index in [2.05, 4.69) is 4.74 Å². The van der Waals surface area contributed by atoms with Gasteiger partial charge in [0.1, 0.15) is 0 Å². The SMILES string of the molecule is CCC(CC)C(=O)OC(=O)Cl. The van der Waals surface area contributed by atoms with Crippen LogP contribution in [0.5, 0.6) is 0 Å². The zero-order valence-corrected chi connectivity index (χ0v) is 7.35. The third-order valence-electron chi connectivity index (χ3n) is 1.50. The van der Waals surface area contributed by atoms with Crippen molar-refractivity contribution >= 4 is 23.0 Å². The lowest BCUT2D eigenvalue weighted by atomic mass is 10.0. The van der Waals surface area contributed by atoms with Gasteiger partial charge >= 0.3 is 11.4 Å². The lowest BCUT2D eigenvalue weighted by Gasteiger charge is -2.07. The van der Waals surface area contributed by atoms with Crippen LogP contribution < -0.4 is 0 Å². The maximum atomic E-state index is 10.9. The molecule has 0 heterocycles. The molecule has 4 heteroatoms. The van der Waals surface area contributed by atoms with Crippen LogP contribution in [0.2, 0.25) is 0 Å².